The first-order chi connectivity index (χ1) is 11.0. The zero-order chi connectivity index (χ0) is 16.1. The number of carbonyl (C=O) groups excluding carboxylic acids is 2. The Morgan fingerprint density at radius 2 is 2.04 bits per heavy atom. The van der Waals surface area contributed by atoms with Crippen LogP contribution in [-0.4, -0.2) is 11.8 Å². The van der Waals surface area contributed by atoms with Gasteiger partial charge < -0.3 is 11.1 Å². The van der Waals surface area contributed by atoms with Crippen LogP contribution >= 0.6 is 11.3 Å². The zero-order valence-electron chi connectivity index (χ0n) is 13.6. The predicted molar refractivity (Wildman–Crippen MR) is 91.6 cm³/mol. The second kappa shape index (κ2) is 5.62. The lowest BCUT2D eigenvalue weighted by Gasteiger charge is -2.20. The van der Waals surface area contributed by atoms with Crippen LogP contribution in [0.1, 0.15) is 59.8 Å². The van der Waals surface area contributed by atoms with Gasteiger partial charge in [-0.3, -0.25) is 9.59 Å². The molecule has 2 fully saturated rings. The van der Waals surface area contributed by atoms with Crippen LogP contribution in [0.3, 0.4) is 0 Å². The third-order valence-electron chi connectivity index (χ3n) is 6.07. The first-order valence-corrected chi connectivity index (χ1v) is 9.59. The van der Waals surface area contributed by atoms with Crippen LogP contribution in [-0.2, 0) is 17.6 Å². The maximum absolute atomic E-state index is 12.7. The standard InChI is InChI=1S/C18H24N2O2S/c1-9-2-5-12-14(6-9)23-18(15(12)16(19)21)20-17(22)13-8-10-3-4-11(13)7-10/h9-11,13H,2-8H2,1H3,(H2,19,21)(H,20,22)/t9-,10-,11-,13+/m1/s1. The van der Waals surface area contributed by atoms with E-state index in [1.807, 2.05) is 0 Å². The van der Waals surface area contributed by atoms with Gasteiger partial charge in [0, 0.05) is 10.8 Å². The molecule has 1 heterocycles. The fraction of sp³-hybridized carbons (Fsp3) is 0.667. The lowest BCUT2D eigenvalue weighted by Crippen LogP contribution is -2.28. The maximum atomic E-state index is 12.7. The first kappa shape index (κ1) is 15.2. The van der Waals surface area contributed by atoms with Gasteiger partial charge in [0.1, 0.15) is 5.00 Å². The van der Waals surface area contributed by atoms with Gasteiger partial charge in [0.25, 0.3) is 5.91 Å². The summed E-state index contributed by atoms with van der Waals surface area (Å²) in [7, 11) is 0. The maximum Gasteiger partial charge on any atom is 0.251 e. The van der Waals surface area contributed by atoms with Crippen LogP contribution in [0.15, 0.2) is 0 Å². The van der Waals surface area contributed by atoms with E-state index < -0.39 is 5.91 Å². The van der Waals surface area contributed by atoms with Crippen molar-refractivity contribution in [1.82, 2.24) is 0 Å². The van der Waals surface area contributed by atoms with Crippen molar-refractivity contribution in [1.29, 1.82) is 0 Å². The molecule has 1 aromatic rings. The second-order valence-electron chi connectivity index (χ2n) is 7.69. The number of hydrogen-bond donors (Lipinski definition) is 2. The van der Waals surface area contributed by atoms with Gasteiger partial charge in [-0.1, -0.05) is 13.3 Å². The average molecular weight is 332 g/mol. The number of hydrogen-bond acceptors (Lipinski definition) is 3. The molecule has 4 atom stereocenters. The minimum atomic E-state index is -0.403. The number of amides is 2. The van der Waals surface area contributed by atoms with Crippen molar-refractivity contribution in [2.45, 2.75) is 51.9 Å². The van der Waals surface area contributed by atoms with E-state index >= 15 is 0 Å². The first-order valence-electron chi connectivity index (χ1n) is 8.78. The molecular weight excluding hydrogens is 308 g/mol. The van der Waals surface area contributed by atoms with Crippen molar-refractivity contribution in [3.8, 4) is 0 Å². The van der Waals surface area contributed by atoms with Crippen LogP contribution in [0.5, 0.6) is 0 Å². The van der Waals surface area contributed by atoms with Gasteiger partial charge in [0.2, 0.25) is 5.91 Å². The van der Waals surface area contributed by atoms with Crippen LogP contribution in [0.2, 0.25) is 0 Å². The Kier molecular flexibility index (Phi) is 3.71. The lowest BCUT2D eigenvalue weighted by atomic mass is 9.87. The van der Waals surface area contributed by atoms with E-state index in [-0.39, 0.29) is 11.8 Å². The van der Waals surface area contributed by atoms with Gasteiger partial charge in [-0.15, -0.1) is 11.3 Å². The molecular formula is C18H24N2O2S. The molecule has 0 aliphatic heterocycles. The molecule has 0 saturated heterocycles. The van der Waals surface area contributed by atoms with Crippen LogP contribution in [0.4, 0.5) is 5.00 Å². The van der Waals surface area contributed by atoms with Gasteiger partial charge in [-0.2, -0.15) is 0 Å². The number of rotatable bonds is 3. The molecule has 3 aliphatic carbocycles. The quantitative estimate of drug-likeness (QED) is 0.891. The molecule has 1 aromatic heterocycles. The molecule has 23 heavy (non-hydrogen) atoms. The molecule has 4 nitrogen and oxygen atoms in total. The number of anilines is 1. The van der Waals surface area contributed by atoms with Gasteiger partial charge >= 0.3 is 0 Å². The number of primary amides is 1. The fourth-order valence-electron chi connectivity index (χ4n) is 4.87. The molecule has 2 amide bonds. The Bertz CT molecular complexity index is 666. The van der Waals surface area contributed by atoms with Crippen molar-refractivity contribution < 1.29 is 9.59 Å². The highest BCUT2D eigenvalue weighted by atomic mass is 32.1. The van der Waals surface area contributed by atoms with Crippen LogP contribution in [0.25, 0.3) is 0 Å². The molecule has 0 unspecified atom stereocenters. The minimum absolute atomic E-state index is 0.103. The van der Waals surface area contributed by atoms with E-state index in [2.05, 4.69) is 12.2 Å². The zero-order valence-corrected chi connectivity index (χ0v) is 14.4. The molecule has 0 aromatic carbocycles. The molecule has 2 saturated carbocycles. The molecule has 0 spiro atoms. The summed E-state index contributed by atoms with van der Waals surface area (Å²) in [4.78, 5) is 25.9. The van der Waals surface area contributed by atoms with E-state index in [1.54, 1.807) is 11.3 Å². The lowest BCUT2D eigenvalue weighted by molar-refractivity contribution is -0.121. The monoisotopic (exact) mass is 332 g/mol. The highest BCUT2D eigenvalue weighted by Gasteiger charge is 2.43. The molecule has 0 radical (unpaired) electrons. The fourth-order valence-corrected chi connectivity index (χ4v) is 6.29. The third kappa shape index (κ3) is 2.59. The van der Waals surface area contributed by atoms with Crippen LogP contribution < -0.4 is 11.1 Å². The van der Waals surface area contributed by atoms with E-state index in [4.69, 9.17) is 5.73 Å². The Morgan fingerprint density at radius 1 is 1.22 bits per heavy atom. The largest absolute Gasteiger partial charge is 0.365 e. The summed E-state index contributed by atoms with van der Waals surface area (Å²) in [5.74, 6) is 1.76. The Morgan fingerprint density at radius 3 is 2.70 bits per heavy atom. The minimum Gasteiger partial charge on any atom is -0.365 e. The average Bonchev–Trinajstić information content (AvgIpc) is 3.18. The molecule has 2 bridgehead atoms. The summed E-state index contributed by atoms with van der Waals surface area (Å²) in [6.07, 6.45) is 7.67. The number of carbonyl (C=O) groups is 2. The van der Waals surface area contributed by atoms with E-state index in [0.717, 1.165) is 37.2 Å². The highest BCUT2D eigenvalue weighted by molar-refractivity contribution is 7.17. The summed E-state index contributed by atoms with van der Waals surface area (Å²) in [5, 5.41) is 3.77. The Balaban J connectivity index is 1.59. The molecule has 5 heteroatoms. The number of fused-ring (bicyclic) bond motifs is 3. The highest BCUT2D eigenvalue weighted by Crippen LogP contribution is 2.49. The summed E-state index contributed by atoms with van der Waals surface area (Å²) in [5.41, 5.74) is 7.29. The Labute approximate surface area is 140 Å². The van der Waals surface area contributed by atoms with E-state index in [0.29, 0.717) is 22.4 Å². The SMILES string of the molecule is C[C@@H]1CCc2c(sc(NC(=O)[C@H]3C[C@@H]4CC[C@@H]3C4)c2C(N)=O)C1. The number of thiophene rings is 1. The van der Waals surface area contributed by atoms with Crippen molar-refractivity contribution in [3.05, 3.63) is 16.0 Å². The van der Waals surface area contributed by atoms with Crippen LogP contribution in [0, 0.1) is 23.7 Å². The summed E-state index contributed by atoms with van der Waals surface area (Å²) >= 11 is 1.57. The van der Waals surface area contributed by atoms with Crippen molar-refractivity contribution in [3.63, 3.8) is 0 Å². The van der Waals surface area contributed by atoms with Gasteiger partial charge in [-0.25, -0.2) is 0 Å². The van der Waals surface area contributed by atoms with Gasteiger partial charge in [-0.05, 0) is 61.8 Å². The normalized spacial score (nSPS) is 31.9. The molecule has 4 rings (SSSR count). The van der Waals surface area contributed by atoms with E-state index in [9.17, 15) is 9.59 Å². The molecule has 124 valence electrons. The topological polar surface area (TPSA) is 72.2 Å². The van der Waals surface area contributed by atoms with Crippen molar-refractivity contribution in [2.75, 3.05) is 5.32 Å². The Hall–Kier alpha value is -1.36. The third-order valence-corrected chi connectivity index (χ3v) is 7.24. The number of nitrogens with two attached hydrogens (primary N) is 1. The van der Waals surface area contributed by atoms with Gasteiger partial charge in [0.15, 0.2) is 0 Å². The predicted octanol–water partition coefficient (Wildman–Crippen LogP) is 3.35. The van der Waals surface area contributed by atoms with Crippen molar-refractivity contribution >= 4 is 28.2 Å². The molecule has 3 aliphatic rings. The summed E-state index contributed by atoms with van der Waals surface area (Å²) in [6.45, 7) is 2.24. The second-order valence-corrected chi connectivity index (χ2v) is 8.80. The smallest absolute Gasteiger partial charge is 0.251 e. The van der Waals surface area contributed by atoms with Gasteiger partial charge in [0.05, 0.1) is 5.56 Å². The van der Waals surface area contributed by atoms with Crippen molar-refractivity contribution in [2.24, 2.45) is 29.4 Å². The molecule has 3 N–H and O–H groups in total. The summed E-state index contributed by atoms with van der Waals surface area (Å²) in [6, 6.07) is 0. The summed E-state index contributed by atoms with van der Waals surface area (Å²) < 4.78 is 0. The number of nitrogens with one attached hydrogen (secondary N) is 1. The van der Waals surface area contributed by atoms with E-state index in [1.165, 1.54) is 24.1 Å².